The number of hydrogen-bond acceptors (Lipinski definition) is 4. The van der Waals surface area contributed by atoms with Gasteiger partial charge in [-0.2, -0.15) is 13.2 Å². The van der Waals surface area contributed by atoms with Gasteiger partial charge in [0.1, 0.15) is 11.5 Å². The number of benzene rings is 2. The summed E-state index contributed by atoms with van der Waals surface area (Å²) in [5, 5.41) is 0. The highest BCUT2D eigenvalue weighted by atomic mass is 32.2. The van der Waals surface area contributed by atoms with Gasteiger partial charge in [-0.3, -0.25) is 0 Å². The van der Waals surface area contributed by atoms with E-state index in [1.165, 1.54) is 14.2 Å². The van der Waals surface area contributed by atoms with Gasteiger partial charge in [0.2, 0.25) is 10.0 Å². The largest absolute Gasteiger partial charge is 0.497 e. The summed E-state index contributed by atoms with van der Waals surface area (Å²) >= 11 is 0. The van der Waals surface area contributed by atoms with Crippen LogP contribution in [-0.2, 0) is 22.7 Å². The minimum atomic E-state index is -4.62. The van der Waals surface area contributed by atoms with Gasteiger partial charge in [0.25, 0.3) is 0 Å². The third-order valence-electron chi connectivity index (χ3n) is 3.35. The second-order valence-electron chi connectivity index (χ2n) is 5.07. The Kier molecular flexibility index (Phi) is 5.58. The summed E-state index contributed by atoms with van der Waals surface area (Å²) in [6.07, 6.45) is -4.62. The van der Waals surface area contributed by atoms with Crippen molar-refractivity contribution in [2.45, 2.75) is 17.6 Å². The zero-order valence-corrected chi connectivity index (χ0v) is 14.2. The van der Waals surface area contributed by atoms with Crippen molar-refractivity contribution in [2.75, 3.05) is 14.2 Å². The highest BCUT2D eigenvalue weighted by molar-refractivity contribution is 7.89. The van der Waals surface area contributed by atoms with E-state index in [0.717, 1.165) is 18.2 Å². The molecular weight excluding hydrogens is 359 g/mol. The van der Waals surface area contributed by atoms with Crippen LogP contribution in [0.3, 0.4) is 0 Å². The molecule has 1 N–H and O–H groups in total. The van der Waals surface area contributed by atoms with Crippen LogP contribution < -0.4 is 14.2 Å². The molecular formula is C16H16F3NO4S. The van der Waals surface area contributed by atoms with Crippen molar-refractivity contribution in [3.63, 3.8) is 0 Å². The fraction of sp³-hybridized carbons (Fsp3) is 0.250. The molecule has 2 aromatic rings. The first kappa shape index (κ1) is 19.1. The van der Waals surface area contributed by atoms with E-state index in [-0.39, 0.29) is 6.54 Å². The molecule has 2 aromatic carbocycles. The molecule has 25 heavy (non-hydrogen) atoms. The second-order valence-corrected chi connectivity index (χ2v) is 6.84. The molecule has 2 rings (SSSR count). The Balaban J connectivity index is 2.23. The molecule has 0 aromatic heterocycles. The first-order chi connectivity index (χ1) is 11.7. The van der Waals surface area contributed by atoms with Crippen LogP contribution in [-0.4, -0.2) is 22.6 Å². The number of alkyl halides is 3. The van der Waals surface area contributed by atoms with E-state index in [1.54, 1.807) is 18.2 Å². The molecule has 0 atom stereocenters. The summed E-state index contributed by atoms with van der Waals surface area (Å²) in [5.41, 5.74) is -0.495. The van der Waals surface area contributed by atoms with E-state index in [0.29, 0.717) is 23.1 Å². The van der Waals surface area contributed by atoms with Crippen LogP contribution in [0.4, 0.5) is 13.2 Å². The van der Waals surface area contributed by atoms with Gasteiger partial charge in [0.05, 0.1) is 24.7 Å². The van der Waals surface area contributed by atoms with Crippen LogP contribution in [0.15, 0.2) is 47.4 Å². The van der Waals surface area contributed by atoms with Crippen LogP contribution in [0.5, 0.6) is 11.5 Å². The molecule has 0 saturated heterocycles. The molecule has 0 fully saturated rings. The van der Waals surface area contributed by atoms with E-state index in [4.69, 9.17) is 9.47 Å². The third-order valence-corrected chi connectivity index (χ3v) is 4.75. The molecule has 0 amide bonds. The van der Waals surface area contributed by atoms with Gasteiger partial charge in [-0.15, -0.1) is 0 Å². The van der Waals surface area contributed by atoms with Crippen molar-refractivity contribution in [2.24, 2.45) is 0 Å². The maximum absolute atomic E-state index is 12.7. The smallest absolute Gasteiger partial charge is 0.416 e. The number of nitrogens with one attached hydrogen (secondary N) is 1. The first-order valence-corrected chi connectivity index (χ1v) is 8.53. The Labute approximate surface area is 143 Å². The Bertz CT molecular complexity index is 828. The summed E-state index contributed by atoms with van der Waals surface area (Å²) in [6, 6.07) is 8.36. The molecule has 9 heteroatoms. The van der Waals surface area contributed by atoms with Crippen LogP contribution in [0, 0.1) is 0 Å². The number of halogens is 3. The summed E-state index contributed by atoms with van der Waals surface area (Å²) in [6.45, 7) is -0.133. The van der Waals surface area contributed by atoms with Gasteiger partial charge in [-0.1, -0.05) is 6.07 Å². The normalized spacial score (nSPS) is 12.0. The topological polar surface area (TPSA) is 64.6 Å². The molecule has 136 valence electrons. The van der Waals surface area contributed by atoms with Gasteiger partial charge in [-0.05, 0) is 35.9 Å². The minimum absolute atomic E-state index is 0.133. The van der Waals surface area contributed by atoms with Crippen molar-refractivity contribution in [3.8, 4) is 11.5 Å². The Morgan fingerprint density at radius 1 is 1.00 bits per heavy atom. The maximum Gasteiger partial charge on any atom is 0.416 e. The predicted octanol–water partition coefficient (Wildman–Crippen LogP) is 3.20. The van der Waals surface area contributed by atoms with Crippen molar-refractivity contribution < 1.29 is 31.1 Å². The predicted molar refractivity (Wildman–Crippen MR) is 85.0 cm³/mol. The average Bonchev–Trinajstić information content (AvgIpc) is 2.59. The Hall–Kier alpha value is -2.26. The highest BCUT2D eigenvalue weighted by Gasteiger charge is 2.31. The van der Waals surface area contributed by atoms with Crippen LogP contribution >= 0.6 is 0 Å². The number of rotatable bonds is 6. The number of ether oxygens (including phenoxy) is 2. The third kappa shape index (κ3) is 4.86. The number of hydrogen-bond donors (Lipinski definition) is 1. The van der Waals surface area contributed by atoms with Gasteiger partial charge < -0.3 is 9.47 Å². The molecule has 0 aliphatic heterocycles. The lowest BCUT2D eigenvalue weighted by atomic mass is 10.2. The minimum Gasteiger partial charge on any atom is -0.497 e. The molecule has 0 aliphatic carbocycles. The van der Waals surface area contributed by atoms with Crippen molar-refractivity contribution in [1.29, 1.82) is 0 Å². The van der Waals surface area contributed by atoms with Gasteiger partial charge >= 0.3 is 6.18 Å². The van der Waals surface area contributed by atoms with Crippen molar-refractivity contribution in [1.82, 2.24) is 4.72 Å². The van der Waals surface area contributed by atoms with Gasteiger partial charge in [0, 0.05) is 12.6 Å². The Morgan fingerprint density at radius 3 is 2.12 bits per heavy atom. The molecule has 0 bridgehead atoms. The van der Waals surface area contributed by atoms with Gasteiger partial charge in [-0.25, -0.2) is 13.1 Å². The molecule has 0 unspecified atom stereocenters. The molecule has 5 nitrogen and oxygen atoms in total. The molecule has 0 saturated carbocycles. The Morgan fingerprint density at radius 2 is 1.60 bits per heavy atom. The number of sulfonamides is 1. The lowest BCUT2D eigenvalue weighted by Crippen LogP contribution is -2.23. The average molecular weight is 375 g/mol. The standard InChI is InChI=1S/C16H16F3NO4S/c1-23-13-6-11(7-14(9-13)24-2)10-20-25(21,22)15-5-3-4-12(8-15)16(17,18)19/h3-9,20H,10H2,1-2H3. The molecule has 0 aliphatic rings. The number of methoxy groups -OCH3 is 2. The summed E-state index contributed by atoms with van der Waals surface area (Å²) in [7, 11) is -1.21. The molecule has 0 spiro atoms. The van der Waals surface area contributed by atoms with Crippen LogP contribution in [0.2, 0.25) is 0 Å². The van der Waals surface area contributed by atoms with Crippen molar-refractivity contribution in [3.05, 3.63) is 53.6 Å². The lowest BCUT2D eigenvalue weighted by Gasteiger charge is -2.12. The monoisotopic (exact) mass is 375 g/mol. The van der Waals surface area contributed by atoms with E-state index < -0.39 is 26.7 Å². The van der Waals surface area contributed by atoms with Gasteiger partial charge in [0.15, 0.2) is 0 Å². The SMILES string of the molecule is COc1cc(CNS(=O)(=O)c2cccc(C(F)(F)F)c2)cc(OC)c1. The first-order valence-electron chi connectivity index (χ1n) is 7.04. The van der Waals surface area contributed by atoms with E-state index >= 15 is 0 Å². The quantitative estimate of drug-likeness (QED) is 0.842. The van der Waals surface area contributed by atoms with E-state index in [1.807, 2.05) is 0 Å². The zero-order chi connectivity index (χ0) is 18.7. The zero-order valence-electron chi connectivity index (χ0n) is 13.4. The maximum atomic E-state index is 12.7. The van der Waals surface area contributed by atoms with E-state index in [9.17, 15) is 21.6 Å². The fourth-order valence-electron chi connectivity index (χ4n) is 2.07. The molecule has 0 radical (unpaired) electrons. The van der Waals surface area contributed by atoms with Crippen LogP contribution in [0.25, 0.3) is 0 Å². The highest BCUT2D eigenvalue weighted by Crippen LogP contribution is 2.30. The lowest BCUT2D eigenvalue weighted by molar-refractivity contribution is -0.137. The van der Waals surface area contributed by atoms with Crippen LogP contribution in [0.1, 0.15) is 11.1 Å². The fourth-order valence-corrected chi connectivity index (χ4v) is 3.13. The summed E-state index contributed by atoms with van der Waals surface area (Å²) < 4.78 is 75.1. The van der Waals surface area contributed by atoms with Crippen molar-refractivity contribution >= 4 is 10.0 Å². The molecule has 0 heterocycles. The van der Waals surface area contributed by atoms with E-state index in [2.05, 4.69) is 4.72 Å². The summed E-state index contributed by atoms with van der Waals surface area (Å²) in [4.78, 5) is -0.461. The second kappa shape index (κ2) is 7.32. The summed E-state index contributed by atoms with van der Waals surface area (Å²) in [5.74, 6) is 0.931.